The van der Waals surface area contributed by atoms with E-state index in [1.165, 1.54) is 4.88 Å². The maximum atomic E-state index is 12.8. The molecule has 150 valence electrons. The zero-order valence-corrected chi connectivity index (χ0v) is 17.5. The number of benzene rings is 1. The molecule has 0 radical (unpaired) electrons. The molecule has 6 heteroatoms. The number of hydrogen-bond donors (Lipinski definition) is 0. The van der Waals surface area contributed by atoms with Crippen molar-refractivity contribution in [1.82, 2.24) is 19.7 Å². The van der Waals surface area contributed by atoms with E-state index in [1.54, 1.807) is 29.8 Å². The second-order valence-electron chi connectivity index (χ2n) is 6.72. The van der Waals surface area contributed by atoms with Gasteiger partial charge in [-0.3, -0.25) is 9.78 Å². The summed E-state index contributed by atoms with van der Waals surface area (Å²) < 4.78 is 1.83. The van der Waals surface area contributed by atoms with Crippen molar-refractivity contribution in [3.05, 3.63) is 95.1 Å². The quantitative estimate of drug-likeness (QED) is 0.397. The fourth-order valence-electron chi connectivity index (χ4n) is 3.15. The summed E-state index contributed by atoms with van der Waals surface area (Å²) in [6, 6.07) is 17.8. The Morgan fingerprint density at radius 2 is 2.00 bits per heavy atom. The highest BCUT2D eigenvalue weighted by Gasteiger charge is 2.13. The van der Waals surface area contributed by atoms with Gasteiger partial charge in [-0.25, -0.2) is 4.68 Å². The predicted octanol–water partition coefficient (Wildman–Crippen LogP) is 5.06. The van der Waals surface area contributed by atoms with Gasteiger partial charge < -0.3 is 4.90 Å². The first-order valence-electron chi connectivity index (χ1n) is 9.79. The van der Waals surface area contributed by atoms with Crippen LogP contribution in [0.1, 0.15) is 17.4 Å². The van der Waals surface area contributed by atoms with Crippen LogP contribution in [0.4, 0.5) is 0 Å². The van der Waals surface area contributed by atoms with E-state index in [0.29, 0.717) is 13.1 Å². The van der Waals surface area contributed by atoms with Gasteiger partial charge in [-0.1, -0.05) is 24.3 Å². The van der Waals surface area contributed by atoms with Crippen LogP contribution in [0.15, 0.2) is 84.6 Å². The molecule has 0 saturated carbocycles. The molecular weight excluding hydrogens is 392 g/mol. The third kappa shape index (κ3) is 4.55. The molecule has 5 nitrogen and oxygen atoms in total. The van der Waals surface area contributed by atoms with Crippen molar-refractivity contribution in [2.45, 2.75) is 13.5 Å². The minimum absolute atomic E-state index is 0.0181. The average Bonchev–Trinajstić information content (AvgIpc) is 3.47. The van der Waals surface area contributed by atoms with Crippen LogP contribution in [-0.2, 0) is 11.3 Å². The van der Waals surface area contributed by atoms with Gasteiger partial charge in [0.2, 0.25) is 5.91 Å². The summed E-state index contributed by atoms with van der Waals surface area (Å²) >= 11 is 1.66. The van der Waals surface area contributed by atoms with Gasteiger partial charge in [0.15, 0.2) is 0 Å². The lowest BCUT2D eigenvalue weighted by Crippen LogP contribution is -2.28. The fraction of sp³-hybridized carbons (Fsp3) is 0.125. The molecule has 0 saturated heterocycles. The topological polar surface area (TPSA) is 51.0 Å². The molecule has 0 aliphatic carbocycles. The Labute approximate surface area is 179 Å². The molecule has 0 unspecified atom stereocenters. The van der Waals surface area contributed by atoms with Gasteiger partial charge in [0.1, 0.15) is 5.69 Å². The highest BCUT2D eigenvalue weighted by molar-refractivity contribution is 7.09. The maximum Gasteiger partial charge on any atom is 0.246 e. The molecule has 30 heavy (non-hydrogen) atoms. The van der Waals surface area contributed by atoms with Crippen molar-refractivity contribution in [2.24, 2.45) is 0 Å². The summed E-state index contributed by atoms with van der Waals surface area (Å²) in [6.45, 7) is 3.27. The monoisotopic (exact) mass is 414 g/mol. The predicted molar refractivity (Wildman–Crippen MR) is 121 cm³/mol. The van der Waals surface area contributed by atoms with E-state index < -0.39 is 0 Å². The molecule has 1 aromatic carbocycles. The van der Waals surface area contributed by atoms with Gasteiger partial charge in [0, 0.05) is 47.2 Å². The minimum atomic E-state index is -0.0181. The van der Waals surface area contributed by atoms with E-state index in [9.17, 15) is 4.79 Å². The van der Waals surface area contributed by atoms with Crippen LogP contribution in [0.2, 0.25) is 0 Å². The Kier molecular flexibility index (Phi) is 6.15. The molecule has 4 rings (SSSR count). The number of pyridine rings is 1. The van der Waals surface area contributed by atoms with Crippen LogP contribution >= 0.6 is 11.3 Å². The van der Waals surface area contributed by atoms with Crippen LogP contribution < -0.4 is 0 Å². The van der Waals surface area contributed by atoms with E-state index in [-0.39, 0.29) is 5.91 Å². The molecule has 0 aliphatic heterocycles. The molecule has 0 fully saturated rings. The fourth-order valence-corrected chi connectivity index (χ4v) is 3.87. The highest BCUT2D eigenvalue weighted by atomic mass is 32.1. The van der Waals surface area contributed by atoms with Crippen molar-refractivity contribution in [3.63, 3.8) is 0 Å². The Bertz CT molecular complexity index is 1120. The lowest BCUT2D eigenvalue weighted by atomic mass is 10.1. The minimum Gasteiger partial charge on any atom is -0.334 e. The zero-order valence-electron chi connectivity index (χ0n) is 16.7. The summed E-state index contributed by atoms with van der Waals surface area (Å²) in [4.78, 5) is 20.0. The van der Waals surface area contributed by atoms with Crippen LogP contribution in [0, 0.1) is 0 Å². The van der Waals surface area contributed by atoms with E-state index in [2.05, 4.69) is 11.1 Å². The first-order chi connectivity index (χ1) is 14.7. The number of para-hydroxylation sites is 1. The summed E-state index contributed by atoms with van der Waals surface area (Å²) in [7, 11) is 0. The number of aromatic nitrogens is 3. The molecule has 3 heterocycles. The number of amides is 1. The standard InChI is InChI=1S/C24H22N4OS/c1-2-27(18-22-11-7-15-30-22)23(29)13-12-20-17-28(21-9-4-3-5-10-21)26-24(20)19-8-6-14-25-16-19/h3-17H,2,18H2,1H3/b13-12+. The second-order valence-corrected chi connectivity index (χ2v) is 7.75. The van der Waals surface area contributed by atoms with Crippen LogP contribution in [0.3, 0.4) is 0 Å². The van der Waals surface area contributed by atoms with Crippen molar-refractivity contribution < 1.29 is 4.79 Å². The second kappa shape index (κ2) is 9.33. The lowest BCUT2D eigenvalue weighted by Gasteiger charge is -2.18. The van der Waals surface area contributed by atoms with Gasteiger partial charge in [-0.2, -0.15) is 5.10 Å². The normalized spacial score (nSPS) is 11.1. The maximum absolute atomic E-state index is 12.8. The Morgan fingerprint density at radius 3 is 2.70 bits per heavy atom. The number of rotatable bonds is 7. The van der Waals surface area contributed by atoms with Gasteiger partial charge >= 0.3 is 0 Å². The summed E-state index contributed by atoms with van der Waals surface area (Å²) in [5, 5.41) is 6.79. The Balaban J connectivity index is 1.63. The van der Waals surface area contributed by atoms with Gasteiger partial charge in [-0.15, -0.1) is 11.3 Å². The number of carbonyl (C=O) groups excluding carboxylic acids is 1. The molecule has 0 spiro atoms. The Hall–Kier alpha value is -3.51. The molecular formula is C24H22N4OS. The van der Waals surface area contributed by atoms with Crippen molar-refractivity contribution in [1.29, 1.82) is 0 Å². The van der Waals surface area contributed by atoms with Crippen LogP contribution in [0.25, 0.3) is 23.0 Å². The average molecular weight is 415 g/mol. The van der Waals surface area contributed by atoms with Crippen molar-refractivity contribution >= 4 is 23.3 Å². The van der Waals surface area contributed by atoms with Crippen LogP contribution in [-0.4, -0.2) is 32.1 Å². The zero-order chi connectivity index (χ0) is 20.8. The first kappa shape index (κ1) is 19.8. The number of likely N-dealkylation sites (N-methyl/N-ethyl adjacent to an activating group) is 1. The Morgan fingerprint density at radius 1 is 1.13 bits per heavy atom. The number of hydrogen-bond acceptors (Lipinski definition) is 4. The third-order valence-corrected chi connectivity index (χ3v) is 5.59. The van der Waals surface area contributed by atoms with E-state index in [1.807, 2.05) is 82.7 Å². The molecule has 0 bridgehead atoms. The van der Waals surface area contributed by atoms with Gasteiger partial charge in [-0.05, 0) is 48.7 Å². The van der Waals surface area contributed by atoms with E-state index >= 15 is 0 Å². The highest BCUT2D eigenvalue weighted by Crippen LogP contribution is 2.24. The van der Waals surface area contributed by atoms with Crippen molar-refractivity contribution in [3.8, 4) is 16.9 Å². The molecule has 3 aromatic heterocycles. The van der Waals surface area contributed by atoms with Gasteiger partial charge in [0.25, 0.3) is 0 Å². The largest absolute Gasteiger partial charge is 0.334 e. The SMILES string of the molecule is CCN(Cc1cccs1)C(=O)/C=C/c1cn(-c2ccccc2)nc1-c1cccnc1. The third-order valence-electron chi connectivity index (χ3n) is 4.72. The number of nitrogens with zero attached hydrogens (tertiary/aromatic N) is 4. The molecule has 0 atom stereocenters. The smallest absolute Gasteiger partial charge is 0.246 e. The van der Waals surface area contributed by atoms with Crippen molar-refractivity contribution in [2.75, 3.05) is 6.54 Å². The molecule has 1 amide bonds. The van der Waals surface area contributed by atoms with E-state index in [4.69, 9.17) is 5.10 Å². The first-order valence-corrected chi connectivity index (χ1v) is 10.7. The van der Waals surface area contributed by atoms with Crippen LogP contribution in [0.5, 0.6) is 0 Å². The number of thiophene rings is 1. The summed E-state index contributed by atoms with van der Waals surface area (Å²) in [5.74, 6) is -0.0181. The lowest BCUT2D eigenvalue weighted by molar-refractivity contribution is -0.126. The summed E-state index contributed by atoms with van der Waals surface area (Å²) in [6.07, 6.45) is 8.93. The summed E-state index contributed by atoms with van der Waals surface area (Å²) in [5.41, 5.74) is 3.52. The van der Waals surface area contributed by atoms with Gasteiger partial charge in [0.05, 0.1) is 12.2 Å². The molecule has 0 N–H and O–H groups in total. The molecule has 4 aromatic rings. The number of carbonyl (C=O) groups is 1. The molecule has 0 aliphatic rings. The van der Waals surface area contributed by atoms with E-state index in [0.717, 1.165) is 22.5 Å².